The highest BCUT2D eigenvalue weighted by molar-refractivity contribution is 7.47. The summed E-state index contributed by atoms with van der Waals surface area (Å²) in [5, 5.41) is 102. The van der Waals surface area contributed by atoms with Crippen LogP contribution in [0.15, 0.2) is 24.3 Å². The lowest BCUT2D eigenvalue weighted by Crippen LogP contribution is -2.70. The van der Waals surface area contributed by atoms with Gasteiger partial charge >= 0.3 is 31.7 Å². The lowest BCUT2D eigenvalue weighted by atomic mass is 9.84. The predicted molar refractivity (Wildman–Crippen MR) is 453 cm³/mol. The van der Waals surface area contributed by atoms with Crippen molar-refractivity contribution >= 4 is 31.7 Å². The third kappa shape index (κ3) is 49.9. The standard InChI is InChI=1S/C91H167O25P/c1-6-10-14-18-22-25-28-31-32-33-36-39-42-45-53-59-65-77(96)113-86-82(101)83(102)87(114-90-84(103)80(99)78(97)72(66-92)111-90)89(88(86)115-91-85(104)81(100)79(98)73(112-91)69-108-75(94)63-57-51-47-46-49-55-61-70(5)60-54-48-21-17-13-9-4)116-117(105,106)109-68-71(110-76(95)64-58-52-44-41-38-35-30-27-24-20-16-12-8-3)67-107-74(93)62-56-50-43-40-37-34-29-26-23-19-15-11-7-2/h34-35,37-38,70-73,78-92,97-104H,6-33,36,39-69H2,1-5H3,(H,105,106)/b37-34-,38-35-. The van der Waals surface area contributed by atoms with Crippen molar-refractivity contribution in [3.8, 4) is 0 Å². The minimum absolute atomic E-state index is 0.0107. The summed E-state index contributed by atoms with van der Waals surface area (Å²) < 4.78 is 73.4. The monoisotopic (exact) mass is 1690 g/mol. The number of aliphatic hydroxyl groups is 9. The van der Waals surface area contributed by atoms with E-state index in [0.717, 1.165) is 122 Å². The van der Waals surface area contributed by atoms with Gasteiger partial charge in [0.2, 0.25) is 0 Å². The third-order valence-electron chi connectivity index (χ3n) is 23.1. The molecule has 2 saturated heterocycles. The first-order chi connectivity index (χ1) is 56.6. The normalized spacial score (nSPS) is 25.4. The maximum atomic E-state index is 14.9. The van der Waals surface area contributed by atoms with Crippen molar-refractivity contribution in [2.24, 2.45) is 5.92 Å². The number of hydrogen-bond donors (Lipinski definition) is 10. The third-order valence-corrected chi connectivity index (χ3v) is 24.1. The Morgan fingerprint density at radius 2 is 0.692 bits per heavy atom. The summed E-state index contributed by atoms with van der Waals surface area (Å²) in [6.07, 6.45) is 27.6. The fourth-order valence-corrected chi connectivity index (χ4v) is 16.5. The fourth-order valence-electron chi connectivity index (χ4n) is 15.5. The van der Waals surface area contributed by atoms with Crippen LogP contribution in [0.2, 0.25) is 0 Å². The zero-order chi connectivity index (χ0) is 85.5. The van der Waals surface area contributed by atoms with Crippen LogP contribution in [-0.4, -0.2) is 205 Å². The summed E-state index contributed by atoms with van der Waals surface area (Å²) in [5.74, 6) is -2.32. The van der Waals surface area contributed by atoms with Gasteiger partial charge in [0.25, 0.3) is 0 Å². The number of rotatable bonds is 75. The molecule has 0 spiro atoms. The number of carbonyl (C=O) groups excluding carboxylic acids is 4. The van der Waals surface area contributed by atoms with Crippen molar-refractivity contribution in [1.82, 2.24) is 0 Å². The molecule has 0 bridgehead atoms. The Kier molecular flexibility index (Phi) is 64.0. The van der Waals surface area contributed by atoms with E-state index < -0.39 is 162 Å². The minimum Gasteiger partial charge on any atom is -0.463 e. The van der Waals surface area contributed by atoms with Crippen LogP contribution < -0.4 is 0 Å². The summed E-state index contributed by atoms with van der Waals surface area (Å²) in [7, 11) is -5.81. The summed E-state index contributed by atoms with van der Waals surface area (Å²) in [6, 6.07) is 0. The molecule has 3 fully saturated rings. The molecule has 1 saturated carbocycles. The number of hydrogen-bond acceptors (Lipinski definition) is 24. The number of esters is 4. The van der Waals surface area contributed by atoms with Gasteiger partial charge in [0.05, 0.1) is 13.2 Å². The van der Waals surface area contributed by atoms with E-state index in [1.54, 1.807) is 0 Å². The molecule has 26 heteroatoms. The molecule has 2 aliphatic heterocycles. The molecule has 19 atom stereocenters. The number of aliphatic hydroxyl groups excluding tert-OH is 9. The zero-order valence-corrected chi connectivity index (χ0v) is 74.1. The smallest absolute Gasteiger partial charge is 0.463 e. The van der Waals surface area contributed by atoms with Crippen LogP contribution in [0.25, 0.3) is 0 Å². The van der Waals surface area contributed by atoms with Gasteiger partial charge in [-0.2, -0.15) is 0 Å². The van der Waals surface area contributed by atoms with E-state index in [9.17, 15) is 74.6 Å². The highest BCUT2D eigenvalue weighted by Gasteiger charge is 2.60. The Bertz CT molecular complexity index is 2550. The van der Waals surface area contributed by atoms with E-state index >= 15 is 0 Å². The Morgan fingerprint density at radius 1 is 0.359 bits per heavy atom. The van der Waals surface area contributed by atoms with Crippen LogP contribution in [0.1, 0.15) is 394 Å². The number of unbranched alkanes of at least 4 members (excludes halogenated alkanes) is 43. The average Bonchev–Trinajstić information content (AvgIpc) is 0.754. The van der Waals surface area contributed by atoms with Crippen molar-refractivity contribution in [3.63, 3.8) is 0 Å². The fraction of sp³-hybridized carbons (Fsp3) is 0.912. The van der Waals surface area contributed by atoms with Gasteiger partial charge in [-0.1, -0.05) is 316 Å². The van der Waals surface area contributed by atoms with Crippen molar-refractivity contribution in [3.05, 3.63) is 24.3 Å². The Balaban J connectivity index is 1.93. The van der Waals surface area contributed by atoms with Crippen LogP contribution in [-0.2, 0) is 70.7 Å². The predicted octanol–water partition coefficient (Wildman–Crippen LogP) is 17.2. The van der Waals surface area contributed by atoms with Gasteiger partial charge in [-0.15, -0.1) is 0 Å². The molecule has 3 rings (SSSR count). The first kappa shape index (κ1) is 108. The summed E-state index contributed by atoms with van der Waals surface area (Å²) in [5.41, 5.74) is 0. The Hall–Kier alpha value is -3.05. The van der Waals surface area contributed by atoms with E-state index in [4.69, 9.17) is 46.9 Å². The molecular formula is C91H167O25P. The van der Waals surface area contributed by atoms with E-state index in [2.05, 4.69) is 58.9 Å². The number of allylic oxidation sites excluding steroid dienone is 4. The van der Waals surface area contributed by atoms with E-state index in [-0.39, 0.29) is 25.7 Å². The average molecular weight is 1690 g/mol. The molecule has 0 radical (unpaired) electrons. The number of ether oxygens (including phenoxy) is 8. The quantitative estimate of drug-likeness (QED) is 0.00889. The van der Waals surface area contributed by atoms with Crippen molar-refractivity contribution in [1.29, 1.82) is 0 Å². The second-order valence-corrected chi connectivity index (χ2v) is 35.2. The lowest BCUT2D eigenvalue weighted by molar-refractivity contribution is -0.360. The van der Waals surface area contributed by atoms with Crippen LogP contribution in [0.4, 0.5) is 0 Å². The van der Waals surface area contributed by atoms with Crippen LogP contribution >= 0.6 is 7.82 Å². The van der Waals surface area contributed by atoms with Crippen LogP contribution in [0, 0.1) is 5.92 Å². The number of phosphoric acid groups is 1. The maximum Gasteiger partial charge on any atom is 0.472 e. The van der Waals surface area contributed by atoms with Gasteiger partial charge in [-0.25, -0.2) is 4.57 Å². The van der Waals surface area contributed by atoms with E-state index in [0.29, 0.717) is 44.4 Å². The molecule has 25 nitrogen and oxygen atoms in total. The molecule has 2 heterocycles. The van der Waals surface area contributed by atoms with Gasteiger partial charge < -0.3 is 88.7 Å². The largest absolute Gasteiger partial charge is 0.472 e. The first-order valence-electron chi connectivity index (χ1n) is 47.0. The zero-order valence-electron chi connectivity index (χ0n) is 73.2. The summed E-state index contributed by atoms with van der Waals surface area (Å²) >= 11 is 0. The minimum atomic E-state index is -5.81. The molecule has 0 aromatic heterocycles. The Labute approximate surface area is 704 Å². The van der Waals surface area contributed by atoms with E-state index in [1.165, 1.54) is 173 Å². The van der Waals surface area contributed by atoms with Gasteiger partial charge in [0.15, 0.2) is 24.8 Å². The lowest BCUT2D eigenvalue weighted by Gasteiger charge is -2.50. The van der Waals surface area contributed by atoms with Crippen molar-refractivity contribution in [2.45, 2.75) is 498 Å². The molecule has 117 heavy (non-hydrogen) atoms. The number of carbonyl (C=O) groups is 4. The summed E-state index contributed by atoms with van der Waals surface area (Å²) in [4.78, 5) is 66.4. The molecule has 686 valence electrons. The first-order valence-corrected chi connectivity index (χ1v) is 48.5. The molecule has 19 unspecified atom stereocenters. The summed E-state index contributed by atoms with van der Waals surface area (Å²) in [6.45, 7) is 7.88. The SMILES string of the molecule is CCCCCCCC/C=C\CCCCCC(=O)OCC(COP(=O)(O)OC1C(OC2OC(CO)C(O)C(O)C2O)C(O)C(O)C(OC(=O)CCCCCCCCCCCCCCCCCC)C1OC1OC(COC(=O)CCCCCCCCC(C)CCCCCCCC)C(O)C(O)C1O)OC(=O)CCCCC/C=C\CCCCCCCC. The van der Waals surface area contributed by atoms with Gasteiger partial charge in [-0.05, 0) is 83.0 Å². The van der Waals surface area contributed by atoms with Gasteiger partial charge in [-0.3, -0.25) is 28.2 Å². The second-order valence-electron chi connectivity index (χ2n) is 33.8. The molecule has 1 aliphatic carbocycles. The molecule has 3 aliphatic rings. The second kappa shape index (κ2) is 69.3. The topological polar surface area (TPSA) is 380 Å². The molecule has 10 N–H and O–H groups in total. The highest BCUT2D eigenvalue weighted by atomic mass is 31.2. The molecule has 0 amide bonds. The van der Waals surface area contributed by atoms with E-state index in [1.807, 2.05) is 0 Å². The van der Waals surface area contributed by atoms with Crippen LogP contribution in [0.3, 0.4) is 0 Å². The van der Waals surface area contributed by atoms with Gasteiger partial charge in [0.1, 0.15) is 92.6 Å². The van der Waals surface area contributed by atoms with Crippen molar-refractivity contribution < 1.29 is 122 Å². The highest BCUT2D eigenvalue weighted by Crippen LogP contribution is 2.49. The van der Waals surface area contributed by atoms with Crippen molar-refractivity contribution in [2.75, 3.05) is 26.4 Å². The number of phosphoric ester groups is 1. The Morgan fingerprint density at radius 3 is 1.11 bits per heavy atom. The molecular weight excluding hydrogens is 1520 g/mol. The van der Waals surface area contributed by atoms with Crippen LogP contribution in [0.5, 0.6) is 0 Å². The molecule has 0 aromatic rings. The van der Waals surface area contributed by atoms with Gasteiger partial charge in [0, 0.05) is 25.7 Å². The molecule has 0 aromatic carbocycles. The maximum absolute atomic E-state index is 14.9.